The number of aryl methyl sites for hydroxylation is 1. The van der Waals surface area contributed by atoms with Gasteiger partial charge in [-0.2, -0.15) is 0 Å². The SMILES string of the molecule is COc1ccc(Cn2c(C(=O)NCc3ccncc3)cc3oc(C)cc32)cc1. The van der Waals surface area contributed by atoms with Crippen LogP contribution in [0.5, 0.6) is 5.75 Å². The second-order valence-electron chi connectivity index (χ2n) is 6.61. The van der Waals surface area contributed by atoms with Gasteiger partial charge in [0.2, 0.25) is 0 Å². The number of methoxy groups -OCH3 is 1. The number of aromatic nitrogens is 2. The Balaban J connectivity index is 1.62. The number of furan rings is 1. The van der Waals surface area contributed by atoms with Crippen LogP contribution in [-0.2, 0) is 13.1 Å². The molecule has 6 heteroatoms. The fourth-order valence-corrected chi connectivity index (χ4v) is 3.21. The third kappa shape index (κ3) is 3.62. The van der Waals surface area contributed by atoms with Crippen LogP contribution in [0.3, 0.4) is 0 Å². The minimum atomic E-state index is -0.144. The largest absolute Gasteiger partial charge is 0.497 e. The van der Waals surface area contributed by atoms with E-state index in [1.54, 1.807) is 25.6 Å². The molecule has 0 radical (unpaired) electrons. The van der Waals surface area contributed by atoms with Gasteiger partial charge < -0.3 is 19.0 Å². The number of nitrogens with one attached hydrogen (secondary N) is 1. The van der Waals surface area contributed by atoms with Crippen molar-refractivity contribution in [1.29, 1.82) is 0 Å². The molecule has 0 aliphatic heterocycles. The van der Waals surface area contributed by atoms with Gasteiger partial charge in [-0.15, -0.1) is 0 Å². The number of fused-ring (bicyclic) bond motifs is 1. The Morgan fingerprint density at radius 3 is 2.57 bits per heavy atom. The fraction of sp³-hybridized carbons (Fsp3) is 0.182. The van der Waals surface area contributed by atoms with E-state index in [1.165, 1.54) is 0 Å². The molecule has 3 aromatic heterocycles. The van der Waals surface area contributed by atoms with E-state index in [-0.39, 0.29) is 5.91 Å². The first-order chi connectivity index (χ1) is 13.6. The Bertz CT molecular complexity index is 1100. The van der Waals surface area contributed by atoms with Crippen LogP contribution in [0.2, 0.25) is 0 Å². The summed E-state index contributed by atoms with van der Waals surface area (Å²) in [5.41, 5.74) is 4.25. The van der Waals surface area contributed by atoms with Crippen LogP contribution in [0.15, 0.2) is 65.3 Å². The topological polar surface area (TPSA) is 69.3 Å². The second kappa shape index (κ2) is 7.60. The van der Waals surface area contributed by atoms with Crippen LogP contribution >= 0.6 is 0 Å². The molecule has 0 fully saturated rings. The highest BCUT2D eigenvalue weighted by molar-refractivity contribution is 5.97. The zero-order chi connectivity index (χ0) is 19.5. The molecular formula is C22H21N3O3. The van der Waals surface area contributed by atoms with Crippen molar-refractivity contribution in [3.05, 3.63) is 83.5 Å². The molecule has 6 nitrogen and oxygen atoms in total. The van der Waals surface area contributed by atoms with Crippen molar-refractivity contribution in [3.63, 3.8) is 0 Å². The third-order valence-electron chi connectivity index (χ3n) is 4.65. The minimum absolute atomic E-state index is 0.144. The van der Waals surface area contributed by atoms with E-state index in [1.807, 2.05) is 54.0 Å². The van der Waals surface area contributed by atoms with Crippen LogP contribution in [-0.4, -0.2) is 22.6 Å². The molecule has 1 N–H and O–H groups in total. The van der Waals surface area contributed by atoms with Crippen LogP contribution in [0.4, 0.5) is 0 Å². The molecule has 1 amide bonds. The molecule has 4 aromatic rings. The first-order valence-electron chi connectivity index (χ1n) is 9.04. The Morgan fingerprint density at radius 2 is 1.86 bits per heavy atom. The number of carbonyl (C=O) groups excluding carboxylic acids is 1. The lowest BCUT2D eigenvalue weighted by Crippen LogP contribution is -2.25. The number of nitrogens with zero attached hydrogens (tertiary/aromatic N) is 2. The number of rotatable bonds is 6. The van der Waals surface area contributed by atoms with E-state index in [2.05, 4.69) is 10.3 Å². The lowest BCUT2D eigenvalue weighted by molar-refractivity contribution is 0.0942. The average molecular weight is 375 g/mol. The normalized spacial score (nSPS) is 10.9. The Hall–Kier alpha value is -3.54. The highest BCUT2D eigenvalue weighted by Crippen LogP contribution is 2.25. The minimum Gasteiger partial charge on any atom is -0.497 e. The van der Waals surface area contributed by atoms with E-state index in [9.17, 15) is 4.79 Å². The molecule has 0 atom stereocenters. The lowest BCUT2D eigenvalue weighted by atomic mass is 10.2. The maximum absolute atomic E-state index is 12.9. The summed E-state index contributed by atoms with van der Waals surface area (Å²) < 4.78 is 13.0. The summed E-state index contributed by atoms with van der Waals surface area (Å²) in [5, 5.41) is 2.98. The van der Waals surface area contributed by atoms with Gasteiger partial charge in [0.15, 0.2) is 5.58 Å². The lowest BCUT2D eigenvalue weighted by Gasteiger charge is -2.11. The number of hydrogen-bond donors (Lipinski definition) is 1. The Labute approximate surface area is 162 Å². The van der Waals surface area contributed by atoms with Crippen molar-refractivity contribution in [2.75, 3.05) is 7.11 Å². The maximum Gasteiger partial charge on any atom is 0.268 e. The van der Waals surface area contributed by atoms with Crippen molar-refractivity contribution in [1.82, 2.24) is 14.9 Å². The van der Waals surface area contributed by atoms with Crippen molar-refractivity contribution >= 4 is 17.0 Å². The van der Waals surface area contributed by atoms with Gasteiger partial charge in [-0.25, -0.2) is 0 Å². The third-order valence-corrected chi connectivity index (χ3v) is 4.65. The van der Waals surface area contributed by atoms with Crippen LogP contribution in [0.1, 0.15) is 27.4 Å². The van der Waals surface area contributed by atoms with Crippen molar-refractivity contribution in [2.24, 2.45) is 0 Å². The molecule has 0 saturated heterocycles. The maximum atomic E-state index is 12.9. The Morgan fingerprint density at radius 1 is 1.11 bits per heavy atom. The molecule has 28 heavy (non-hydrogen) atoms. The molecule has 0 unspecified atom stereocenters. The van der Waals surface area contributed by atoms with E-state index in [0.29, 0.717) is 24.4 Å². The monoisotopic (exact) mass is 375 g/mol. The van der Waals surface area contributed by atoms with Gasteiger partial charge in [-0.1, -0.05) is 12.1 Å². The van der Waals surface area contributed by atoms with Gasteiger partial charge in [-0.05, 0) is 42.3 Å². The molecule has 0 saturated carbocycles. The van der Waals surface area contributed by atoms with Crippen molar-refractivity contribution in [3.8, 4) is 5.75 Å². The van der Waals surface area contributed by atoms with Gasteiger partial charge in [0, 0.05) is 37.6 Å². The average Bonchev–Trinajstić information content (AvgIpc) is 3.24. The van der Waals surface area contributed by atoms with Crippen LogP contribution < -0.4 is 10.1 Å². The van der Waals surface area contributed by atoms with Crippen molar-refractivity contribution in [2.45, 2.75) is 20.0 Å². The predicted octanol–water partition coefficient (Wildman–Crippen LogP) is 3.92. The summed E-state index contributed by atoms with van der Waals surface area (Å²) in [4.78, 5) is 16.9. The first-order valence-corrected chi connectivity index (χ1v) is 9.04. The number of amides is 1. The van der Waals surface area contributed by atoms with E-state index in [4.69, 9.17) is 9.15 Å². The smallest absolute Gasteiger partial charge is 0.268 e. The van der Waals surface area contributed by atoms with E-state index < -0.39 is 0 Å². The zero-order valence-corrected chi connectivity index (χ0v) is 15.8. The van der Waals surface area contributed by atoms with Gasteiger partial charge in [0.25, 0.3) is 5.91 Å². The highest BCUT2D eigenvalue weighted by atomic mass is 16.5. The van der Waals surface area contributed by atoms with E-state index in [0.717, 1.165) is 28.2 Å². The number of carbonyl (C=O) groups is 1. The molecular weight excluding hydrogens is 354 g/mol. The van der Waals surface area contributed by atoms with Crippen molar-refractivity contribution < 1.29 is 13.9 Å². The summed E-state index contributed by atoms with van der Waals surface area (Å²) in [6, 6.07) is 15.3. The molecule has 3 heterocycles. The van der Waals surface area contributed by atoms with Gasteiger partial charge in [0.1, 0.15) is 17.2 Å². The molecule has 0 bridgehead atoms. The molecule has 142 valence electrons. The van der Waals surface area contributed by atoms with Gasteiger partial charge >= 0.3 is 0 Å². The molecule has 0 aliphatic rings. The second-order valence-corrected chi connectivity index (χ2v) is 6.61. The fourth-order valence-electron chi connectivity index (χ4n) is 3.21. The summed E-state index contributed by atoms with van der Waals surface area (Å²) in [6.45, 7) is 2.90. The number of ether oxygens (including phenoxy) is 1. The molecule has 1 aromatic carbocycles. The van der Waals surface area contributed by atoms with Crippen LogP contribution in [0, 0.1) is 6.92 Å². The quantitative estimate of drug-likeness (QED) is 0.554. The predicted molar refractivity (Wildman–Crippen MR) is 106 cm³/mol. The van der Waals surface area contributed by atoms with Gasteiger partial charge in [-0.3, -0.25) is 9.78 Å². The molecule has 0 spiro atoms. The van der Waals surface area contributed by atoms with Gasteiger partial charge in [0.05, 0.1) is 12.6 Å². The number of pyridine rings is 1. The highest BCUT2D eigenvalue weighted by Gasteiger charge is 2.18. The van der Waals surface area contributed by atoms with Crippen LogP contribution in [0.25, 0.3) is 11.1 Å². The number of benzene rings is 1. The summed E-state index contributed by atoms with van der Waals surface area (Å²) in [7, 11) is 1.64. The molecule has 0 aliphatic carbocycles. The zero-order valence-electron chi connectivity index (χ0n) is 15.8. The number of hydrogen-bond acceptors (Lipinski definition) is 4. The van der Waals surface area contributed by atoms with E-state index >= 15 is 0 Å². The first kappa shape index (κ1) is 17.9. The molecule has 4 rings (SSSR count). The Kier molecular flexibility index (Phi) is 4.85. The standard InChI is InChI=1S/C22H21N3O3/c1-15-11-19-21(28-15)12-20(22(26)24-13-16-7-9-23-10-8-16)25(19)14-17-3-5-18(27-2)6-4-17/h3-12H,13-14H2,1-2H3,(H,24,26). The summed E-state index contributed by atoms with van der Waals surface area (Å²) in [5.74, 6) is 1.47. The summed E-state index contributed by atoms with van der Waals surface area (Å²) >= 11 is 0. The summed E-state index contributed by atoms with van der Waals surface area (Å²) in [6.07, 6.45) is 3.42.